The van der Waals surface area contributed by atoms with Crippen LogP contribution in [0, 0.1) is 0 Å². The molecule has 1 aromatic rings. The van der Waals surface area contributed by atoms with Crippen molar-refractivity contribution in [2.75, 3.05) is 6.26 Å². The van der Waals surface area contributed by atoms with Gasteiger partial charge in [-0.3, -0.25) is 4.79 Å². The summed E-state index contributed by atoms with van der Waals surface area (Å²) in [5.74, 6) is -0.400. The van der Waals surface area contributed by atoms with Crippen LogP contribution in [0.5, 0.6) is 0 Å². The third kappa shape index (κ3) is 5.21. The predicted molar refractivity (Wildman–Crippen MR) is 62.9 cm³/mol. The van der Waals surface area contributed by atoms with Gasteiger partial charge in [0, 0.05) is 30.1 Å². The van der Waals surface area contributed by atoms with Crippen LogP contribution in [0.4, 0.5) is 0 Å². The Morgan fingerprint density at radius 1 is 1.41 bits per heavy atom. The fourth-order valence-corrected chi connectivity index (χ4v) is 1.52. The number of hydrogen-bond acceptors (Lipinski definition) is 5. The van der Waals surface area contributed by atoms with Gasteiger partial charge in [-0.05, 0) is 13.0 Å². The maximum atomic E-state index is 11.6. The Bertz CT molecular complexity index is 511. The van der Waals surface area contributed by atoms with E-state index < -0.39 is 21.8 Å². The molecule has 92 valence electrons. The smallest absolute Gasteiger partial charge is 0.289 e. The van der Waals surface area contributed by atoms with Crippen LogP contribution in [-0.4, -0.2) is 36.6 Å². The lowest BCUT2D eigenvalue weighted by atomic mass is 10.3. The predicted octanol–water partition coefficient (Wildman–Crippen LogP) is 0.153. The monoisotopic (exact) mass is 255 g/mol. The maximum absolute atomic E-state index is 11.6. The zero-order chi connectivity index (χ0) is 12.9. The van der Waals surface area contributed by atoms with Gasteiger partial charge >= 0.3 is 0 Å². The second-order valence-corrected chi connectivity index (χ2v) is 5.42. The van der Waals surface area contributed by atoms with Crippen molar-refractivity contribution in [2.24, 2.45) is 0 Å². The van der Waals surface area contributed by atoms with Gasteiger partial charge in [0.25, 0.3) is 5.91 Å². The molecule has 0 aliphatic carbocycles. The first kappa shape index (κ1) is 13.3. The normalized spacial score (nSPS) is 13.5. The van der Waals surface area contributed by atoms with Crippen molar-refractivity contribution in [1.29, 1.82) is 0 Å². The zero-order valence-electron chi connectivity index (χ0n) is 9.49. The van der Waals surface area contributed by atoms with Crippen LogP contribution in [0.25, 0.3) is 0 Å². The molecule has 6 nitrogen and oxygen atoms in total. The SMILES string of the molecule is C[C@H](/C=C/S(C)(=O)=O)NC(=O)c1ncccn1. The van der Waals surface area contributed by atoms with Gasteiger partial charge in [-0.25, -0.2) is 18.4 Å². The topological polar surface area (TPSA) is 89.0 Å². The minimum absolute atomic E-state index is 0.0482. The zero-order valence-corrected chi connectivity index (χ0v) is 10.3. The highest BCUT2D eigenvalue weighted by molar-refractivity contribution is 7.93. The van der Waals surface area contributed by atoms with Gasteiger partial charge in [0.15, 0.2) is 9.84 Å². The summed E-state index contributed by atoms with van der Waals surface area (Å²) in [6, 6.07) is 1.19. The number of nitrogens with zero attached hydrogens (tertiary/aromatic N) is 2. The number of hydrogen-bond donors (Lipinski definition) is 1. The first-order chi connectivity index (χ1) is 7.88. The molecule has 0 unspecified atom stereocenters. The highest BCUT2D eigenvalue weighted by Crippen LogP contribution is 1.93. The fraction of sp³-hybridized carbons (Fsp3) is 0.300. The highest BCUT2D eigenvalue weighted by atomic mass is 32.2. The molecule has 0 bridgehead atoms. The van der Waals surface area contributed by atoms with Gasteiger partial charge in [-0.1, -0.05) is 6.08 Å². The molecule has 17 heavy (non-hydrogen) atoms. The Morgan fingerprint density at radius 3 is 2.53 bits per heavy atom. The lowest BCUT2D eigenvalue weighted by Crippen LogP contribution is -2.32. The van der Waals surface area contributed by atoms with Crippen LogP contribution in [0.3, 0.4) is 0 Å². The fourth-order valence-electron chi connectivity index (χ4n) is 0.996. The molecule has 0 saturated heterocycles. The van der Waals surface area contributed by atoms with E-state index in [4.69, 9.17) is 0 Å². The number of amides is 1. The molecule has 0 spiro atoms. The summed E-state index contributed by atoms with van der Waals surface area (Å²) in [7, 11) is -3.18. The van der Waals surface area contributed by atoms with Crippen molar-refractivity contribution in [2.45, 2.75) is 13.0 Å². The summed E-state index contributed by atoms with van der Waals surface area (Å²) in [6.07, 6.45) is 5.38. The lowest BCUT2D eigenvalue weighted by Gasteiger charge is -2.07. The van der Waals surface area contributed by atoms with E-state index >= 15 is 0 Å². The maximum Gasteiger partial charge on any atom is 0.289 e. The van der Waals surface area contributed by atoms with Gasteiger partial charge in [-0.15, -0.1) is 0 Å². The third-order valence-corrected chi connectivity index (χ3v) is 2.39. The number of rotatable bonds is 4. The van der Waals surface area contributed by atoms with Crippen molar-refractivity contribution in [1.82, 2.24) is 15.3 Å². The number of aromatic nitrogens is 2. The van der Waals surface area contributed by atoms with Crippen LogP contribution in [-0.2, 0) is 9.84 Å². The highest BCUT2D eigenvalue weighted by Gasteiger charge is 2.10. The van der Waals surface area contributed by atoms with Crippen molar-refractivity contribution in [3.05, 3.63) is 35.8 Å². The first-order valence-electron chi connectivity index (χ1n) is 4.84. The Kier molecular flexibility index (Phi) is 4.33. The van der Waals surface area contributed by atoms with E-state index in [1.807, 2.05) is 0 Å². The largest absolute Gasteiger partial charge is 0.343 e. The molecule has 0 aliphatic rings. The molecular formula is C10H13N3O3S. The van der Waals surface area contributed by atoms with Crippen LogP contribution in [0.1, 0.15) is 17.5 Å². The van der Waals surface area contributed by atoms with Gasteiger partial charge in [0.05, 0.1) is 0 Å². The average Bonchev–Trinajstić information content (AvgIpc) is 2.27. The first-order valence-corrected chi connectivity index (χ1v) is 6.80. The van der Waals surface area contributed by atoms with E-state index in [9.17, 15) is 13.2 Å². The summed E-state index contributed by atoms with van der Waals surface area (Å²) < 4.78 is 21.7. The summed E-state index contributed by atoms with van der Waals surface area (Å²) in [5.41, 5.74) is 0. The van der Waals surface area contributed by atoms with Crippen molar-refractivity contribution < 1.29 is 13.2 Å². The standard InChI is InChI=1S/C10H13N3O3S/c1-8(4-7-17(2,15)16)13-10(14)9-11-5-3-6-12-9/h3-8H,1-2H3,(H,13,14)/b7-4+/t8-/m1/s1. The molecule has 0 saturated carbocycles. The van der Waals surface area contributed by atoms with E-state index in [1.54, 1.807) is 13.0 Å². The van der Waals surface area contributed by atoms with Gasteiger partial charge in [0.1, 0.15) is 0 Å². The van der Waals surface area contributed by atoms with Crippen molar-refractivity contribution >= 4 is 15.7 Å². The van der Waals surface area contributed by atoms with Gasteiger partial charge < -0.3 is 5.32 Å². The summed E-state index contributed by atoms with van der Waals surface area (Å²) in [4.78, 5) is 19.1. The lowest BCUT2D eigenvalue weighted by molar-refractivity contribution is 0.0936. The van der Waals surface area contributed by atoms with Crippen molar-refractivity contribution in [3.63, 3.8) is 0 Å². The summed E-state index contributed by atoms with van der Waals surface area (Å²) in [5, 5.41) is 3.60. The molecule has 7 heteroatoms. The van der Waals surface area contributed by atoms with E-state index in [2.05, 4.69) is 15.3 Å². The van der Waals surface area contributed by atoms with Crippen LogP contribution in [0.15, 0.2) is 29.9 Å². The molecule has 1 amide bonds. The molecular weight excluding hydrogens is 242 g/mol. The summed E-state index contributed by atoms with van der Waals surface area (Å²) in [6.45, 7) is 1.66. The average molecular weight is 255 g/mol. The summed E-state index contributed by atoms with van der Waals surface area (Å²) >= 11 is 0. The second-order valence-electron chi connectivity index (χ2n) is 3.49. The molecule has 1 N–H and O–H groups in total. The molecule has 0 aliphatic heterocycles. The molecule has 1 aromatic heterocycles. The molecule has 0 fully saturated rings. The Hall–Kier alpha value is -1.76. The molecule has 1 heterocycles. The van der Waals surface area contributed by atoms with E-state index in [0.29, 0.717) is 0 Å². The number of carbonyl (C=O) groups is 1. The van der Waals surface area contributed by atoms with E-state index in [1.165, 1.54) is 18.5 Å². The number of nitrogens with one attached hydrogen (secondary N) is 1. The number of carbonyl (C=O) groups excluding carboxylic acids is 1. The minimum atomic E-state index is -3.18. The Morgan fingerprint density at radius 2 is 2.00 bits per heavy atom. The van der Waals surface area contributed by atoms with Crippen LogP contribution >= 0.6 is 0 Å². The molecule has 1 rings (SSSR count). The van der Waals surface area contributed by atoms with Crippen LogP contribution in [0.2, 0.25) is 0 Å². The third-order valence-electron chi connectivity index (χ3n) is 1.74. The Labute approximate surface area is 99.7 Å². The van der Waals surface area contributed by atoms with Gasteiger partial charge in [-0.2, -0.15) is 0 Å². The molecule has 0 radical (unpaired) electrons. The molecule has 1 atom stereocenters. The quantitative estimate of drug-likeness (QED) is 0.827. The molecule has 0 aromatic carbocycles. The van der Waals surface area contributed by atoms with Gasteiger partial charge in [0.2, 0.25) is 5.82 Å². The second kappa shape index (κ2) is 5.53. The van der Waals surface area contributed by atoms with E-state index in [-0.39, 0.29) is 5.82 Å². The van der Waals surface area contributed by atoms with E-state index in [0.717, 1.165) is 11.7 Å². The van der Waals surface area contributed by atoms with Crippen LogP contribution < -0.4 is 5.32 Å². The van der Waals surface area contributed by atoms with Crippen molar-refractivity contribution in [3.8, 4) is 0 Å². The number of sulfone groups is 1. The minimum Gasteiger partial charge on any atom is -0.343 e. The Balaban J connectivity index is 2.62.